The number of rotatable bonds is 8. The van der Waals surface area contributed by atoms with E-state index in [-0.39, 0.29) is 34.7 Å². The molecular formula is C22H24N2O7S. The lowest BCUT2D eigenvalue weighted by Crippen LogP contribution is -2.37. The third kappa shape index (κ3) is 4.59. The average molecular weight is 464 g/mol. The Balaban J connectivity index is 2.18. The second-order valence-corrected chi connectivity index (χ2v) is 8.59. The van der Waals surface area contributed by atoms with Crippen molar-refractivity contribution in [1.82, 2.24) is 4.90 Å². The highest BCUT2D eigenvalue weighted by Crippen LogP contribution is 2.38. The summed E-state index contributed by atoms with van der Waals surface area (Å²) in [6.45, 7) is 3.19. The Labute approximate surface area is 190 Å². The molecule has 0 saturated heterocycles. The lowest BCUT2D eigenvalue weighted by molar-refractivity contribution is -0.114. The quantitative estimate of drug-likeness (QED) is 0.597. The number of carbonyl (C=O) groups is 3. The van der Waals surface area contributed by atoms with Crippen LogP contribution in [0.25, 0.3) is 0 Å². The van der Waals surface area contributed by atoms with Gasteiger partial charge in [-0.3, -0.25) is 19.3 Å². The van der Waals surface area contributed by atoms with Crippen LogP contribution in [0.3, 0.4) is 0 Å². The number of carbonyl (C=O) groups excluding carboxylic acids is 3. The lowest BCUT2D eigenvalue weighted by atomic mass is 10.1. The number of anilines is 1. The molecule has 2 aromatic carbocycles. The Morgan fingerprint density at radius 1 is 1.19 bits per heavy atom. The van der Waals surface area contributed by atoms with Gasteiger partial charge in [0.25, 0.3) is 11.8 Å². The molecule has 1 heterocycles. The Hall–Kier alpha value is -3.40. The van der Waals surface area contributed by atoms with E-state index in [0.29, 0.717) is 10.6 Å². The Morgan fingerprint density at radius 2 is 1.94 bits per heavy atom. The van der Waals surface area contributed by atoms with Crippen molar-refractivity contribution in [3.63, 3.8) is 0 Å². The summed E-state index contributed by atoms with van der Waals surface area (Å²) >= 11 is 0. The standard InChI is InChI=1S/C22H24N2O7S/c1-5-31-19-11-14(9-10-18(19)30-3)17(12-32(4,28)29)24-21(26)15-7-6-8-16(23-13(2)25)20(15)22(24)27/h6-11,17H,5,12H2,1-4H3,(H,23,25)/t17-/m1/s1/i4D3. The van der Waals surface area contributed by atoms with Crippen LogP contribution < -0.4 is 14.8 Å². The molecule has 0 radical (unpaired) electrons. The SMILES string of the molecule is [2H]C([2H])([2H])S(=O)(=O)C[C@H](c1ccc(OC)c(OCC)c1)N1C(=O)c2cccc(NC(C)=O)c2C1=O. The second kappa shape index (κ2) is 8.99. The van der Waals surface area contributed by atoms with Crippen LogP contribution in [0.5, 0.6) is 11.5 Å². The van der Waals surface area contributed by atoms with E-state index in [0.717, 1.165) is 0 Å². The van der Waals surface area contributed by atoms with E-state index in [2.05, 4.69) is 5.32 Å². The van der Waals surface area contributed by atoms with Crippen molar-refractivity contribution >= 4 is 33.2 Å². The van der Waals surface area contributed by atoms with Gasteiger partial charge in [0.1, 0.15) is 9.84 Å². The fraction of sp³-hybridized carbons (Fsp3) is 0.318. The summed E-state index contributed by atoms with van der Waals surface area (Å²) in [5.41, 5.74) is 0.0780. The van der Waals surface area contributed by atoms with Gasteiger partial charge in [0.05, 0.1) is 42.3 Å². The van der Waals surface area contributed by atoms with Crippen molar-refractivity contribution in [1.29, 1.82) is 0 Å². The van der Waals surface area contributed by atoms with Crippen LogP contribution in [-0.4, -0.2) is 56.7 Å². The monoisotopic (exact) mass is 463 g/mol. The third-order valence-electron chi connectivity index (χ3n) is 4.82. The Morgan fingerprint density at radius 3 is 2.56 bits per heavy atom. The van der Waals surface area contributed by atoms with Crippen LogP contribution >= 0.6 is 0 Å². The van der Waals surface area contributed by atoms with E-state index in [1.54, 1.807) is 6.92 Å². The van der Waals surface area contributed by atoms with Crippen molar-refractivity contribution in [3.05, 3.63) is 53.1 Å². The molecule has 170 valence electrons. The Bertz CT molecular complexity index is 1290. The van der Waals surface area contributed by atoms with Crippen LogP contribution in [0.4, 0.5) is 5.69 Å². The maximum atomic E-state index is 13.5. The van der Waals surface area contributed by atoms with E-state index < -0.39 is 45.5 Å². The Kier molecular flexibility index (Phi) is 5.42. The highest BCUT2D eigenvalue weighted by molar-refractivity contribution is 7.90. The van der Waals surface area contributed by atoms with Crippen LogP contribution in [-0.2, 0) is 14.6 Å². The average Bonchev–Trinajstić information content (AvgIpc) is 3.02. The van der Waals surface area contributed by atoms with Crippen molar-refractivity contribution in [2.45, 2.75) is 19.9 Å². The van der Waals surface area contributed by atoms with E-state index in [4.69, 9.17) is 13.6 Å². The van der Waals surface area contributed by atoms with E-state index >= 15 is 0 Å². The number of fused-ring (bicyclic) bond motifs is 1. The smallest absolute Gasteiger partial charge is 0.264 e. The zero-order chi connectivity index (χ0) is 26.1. The predicted octanol–water partition coefficient (Wildman–Crippen LogP) is 2.43. The van der Waals surface area contributed by atoms with Gasteiger partial charge in [-0.1, -0.05) is 12.1 Å². The molecule has 10 heteroatoms. The van der Waals surface area contributed by atoms with Gasteiger partial charge < -0.3 is 14.8 Å². The molecule has 1 aliphatic rings. The number of nitrogens with one attached hydrogen (secondary N) is 1. The van der Waals surface area contributed by atoms with Crippen molar-refractivity contribution in [2.24, 2.45) is 0 Å². The van der Waals surface area contributed by atoms with Gasteiger partial charge >= 0.3 is 0 Å². The summed E-state index contributed by atoms with van der Waals surface area (Å²) in [6.07, 6.45) is -3.37. The zero-order valence-electron chi connectivity index (χ0n) is 20.7. The lowest BCUT2D eigenvalue weighted by Gasteiger charge is -2.27. The largest absolute Gasteiger partial charge is 0.493 e. The van der Waals surface area contributed by atoms with Crippen molar-refractivity contribution < 1.29 is 36.4 Å². The first-order valence-electron chi connectivity index (χ1n) is 11.1. The second-order valence-electron chi connectivity index (χ2n) is 7.03. The highest BCUT2D eigenvalue weighted by atomic mass is 32.2. The summed E-state index contributed by atoms with van der Waals surface area (Å²) < 4.78 is 58.5. The molecule has 0 aromatic heterocycles. The first-order valence-corrected chi connectivity index (χ1v) is 11.3. The van der Waals surface area contributed by atoms with Crippen LogP contribution in [0.15, 0.2) is 36.4 Å². The van der Waals surface area contributed by atoms with Crippen molar-refractivity contribution in [2.75, 3.05) is 31.0 Å². The predicted molar refractivity (Wildman–Crippen MR) is 118 cm³/mol. The summed E-state index contributed by atoms with van der Waals surface area (Å²) in [7, 11) is -3.37. The first kappa shape index (κ1) is 19.3. The van der Waals surface area contributed by atoms with Crippen LogP contribution in [0.1, 0.15) is 50.3 Å². The van der Waals surface area contributed by atoms with E-state index in [9.17, 15) is 22.8 Å². The summed E-state index contributed by atoms with van der Waals surface area (Å²) in [5.74, 6) is -2.68. The fourth-order valence-corrected chi connectivity index (χ4v) is 4.33. The topological polar surface area (TPSA) is 119 Å². The number of methoxy groups -OCH3 is 1. The zero-order valence-corrected chi connectivity index (χ0v) is 18.5. The minimum Gasteiger partial charge on any atom is -0.493 e. The molecule has 0 spiro atoms. The maximum absolute atomic E-state index is 13.5. The van der Waals surface area contributed by atoms with Gasteiger partial charge in [-0.2, -0.15) is 0 Å². The molecule has 1 N–H and O–H groups in total. The number of nitrogens with zero attached hydrogens (tertiary/aromatic N) is 1. The minimum absolute atomic E-state index is 0.0453. The summed E-state index contributed by atoms with van der Waals surface area (Å²) in [5, 5.41) is 2.49. The molecule has 0 saturated carbocycles. The fourth-order valence-electron chi connectivity index (χ4n) is 3.58. The van der Waals surface area contributed by atoms with Crippen LogP contribution in [0, 0.1) is 0 Å². The normalized spacial score (nSPS) is 16.0. The van der Waals surface area contributed by atoms with Gasteiger partial charge in [0, 0.05) is 17.2 Å². The minimum atomic E-state index is -4.77. The summed E-state index contributed by atoms with van der Waals surface area (Å²) in [4.78, 5) is 39.1. The van der Waals surface area contributed by atoms with Crippen LogP contribution in [0.2, 0.25) is 0 Å². The molecule has 9 nitrogen and oxygen atoms in total. The molecule has 1 aliphatic heterocycles. The molecule has 0 aliphatic carbocycles. The van der Waals surface area contributed by atoms with Gasteiger partial charge in [0.2, 0.25) is 5.91 Å². The van der Waals surface area contributed by atoms with Gasteiger partial charge in [-0.25, -0.2) is 8.42 Å². The third-order valence-corrected chi connectivity index (χ3v) is 5.57. The number of sulfone groups is 1. The number of hydrogen-bond acceptors (Lipinski definition) is 7. The van der Waals surface area contributed by atoms with E-state index in [1.165, 1.54) is 50.4 Å². The number of ether oxygens (including phenoxy) is 2. The van der Waals surface area contributed by atoms with Gasteiger partial charge in [0.15, 0.2) is 11.5 Å². The van der Waals surface area contributed by atoms with Gasteiger partial charge in [-0.15, -0.1) is 0 Å². The number of hydrogen-bond donors (Lipinski definition) is 1. The molecule has 2 aromatic rings. The number of imide groups is 1. The molecule has 0 fully saturated rings. The number of benzene rings is 2. The molecule has 0 unspecified atom stereocenters. The maximum Gasteiger partial charge on any atom is 0.264 e. The summed E-state index contributed by atoms with van der Waals surface area (Å²) in [6, 6.07) is 7.08. The molecule has 0 bridgehead atoms. The van der Waals surface area contributed by atoms with E-state index in [1.807, 2.05) is 0 Å². The molecule has 3 amide bonds. The number of amides is 3. The molecule has 1 atom stereocenters. The van der Waals surface area contributed by atoms with Gasteiger partial charge in [-0.05, 0) is 36.8 Å². The first-order chi connectivity index (χ1) is 16.3. The molecule has 32 heavy (non-hydrogen) atoms. The highest BCUT2D eigenvalue weighted by Gasteiger charge is 2.43. The molecule has 3 rings (SSSR count). The molecular weight excluding hydrogens is 436 g/mol. The van der Waals surface area contributed by atoms with Crippen molar-refractivity contribution in [3.8, 4) is 11.5 Å².